The van der Waals surface area contributed by atoms with Gasteiger partial charge in [-0.15, -0.1) is 0 Å². The molecule has 3 aromatic rings. The van der Waals surface area contributed by atoms with Crippen LogP contribution in [-0.4, -0.2) is 45.6 Å². The second kappa shape index (κ2) is 11.5. The van der Waals surface area contributed by atoms with Crippen molar-refractivity contribution in [3.63, 3.8) is 0 Å². The average molecular weight is 524 g/mol. The van der Waals surface area contributed by atoms with Crippen LogP contribution in [0, 0.1) is 5.92 Å². The number of hydrogen-bond acceptors (Lipinski definition) is 4. The number of nitrogens with zero attached hydrogens (tertiary/aromatic N) is 2. The lowest BCUT2D eigenvalue weighted by molar-refractivity contribution is -0.120. The molecule has 0 spiro atoms. The molecule has 3 N–H and O–H groups in total. The van der Waals surface area contributed by atoms with Gasteiger partial charge in [-0.3, -0.25) is 14.7 Å². The number of methoxy groups -OCH3 is 1. The molecule has 1 aliphatic heterocycles. The van der Waals surface area contributed by atoms with Gasteiger partial charge >= 0.3 is 0 Å². The maximum Gasteiger partial charge on any atom is 0.270 e. The third kappa shape index (κ3) is 5.91. The number of aromatic amines is 2. The number of anilines is 1. The molecule has 196 valence electrons. The van der Waals surface area contributed by atoms with E-state index in [0.29, 0.717) is 30.6 Å². The molecule has 37 heavy (non-hydrogen) atoms. The van der Waals surface area contributed by atoms with Crippen LogP contribution in [0.4, 0.5) is 5.82 Å². The molecule has 2 aromatic heterocycles. The molecule has 1 aromatic carbocycles. The first-order chi connectivity index (χ1) is 18.0. The highest BCUT2D eigenvalue weighted by Gasteiger charge is 2.32. The topological polar surface area (TPSA) is 103 Å². The zero-order valence-corrected chi connectivity index (χ0v) is 21.9. The minimum atomic E-state index is -0.108. The number of carbonyl (C=O) groups excluding carboxylic acids is 2. The van der Waals surface area contributed by atoms with Gasteiger partial charge in [0.2, 0.25) is 5.91 Å². The first kappa shape index (κ1) is 25.5. The molecule has 1 aliphatic carbocycles. The Morgan fingerprint density at radius 1 is 1.11 bits per heavy atom. The van der Waals surface area contributed by atoms with Crippen LogP contribution >= 0.6 is 11.6 Å². The molecule has 0 bridgehead atoms. The zero-order chi connectivity index (χ0) is 25.8. The summed E-state index contributed by atoms with van der Waals surface area (Å²) in [7, 11) is 1.64. The lowest BCUT2D eigenvalue weighted by Crippen LogP contribution is -2.38. The lowest BCUT2D eigenvalue weighted by atomic mass is 9.78. The van der Waals surface area contributed by atoms with Crippen molar-refractivity contribution < 1.29 is 14.3 Å². The van der Waals surface area contributed by atoms with Crippen molar-refractivity contribution in [2.24, 2.45) is 5.92 Å². The molecule has 3 heterocycles. The molecule has 1 atom stereocenters. The molecule has 2 fully saturated rings. The fraction of sp³-hybridized carbons (Fsp3) is 0.464. The molecule has 5 rings (SSSR count). The molecule has 0 radical (unpaired) electrons. The summed E-state index contributed by atoms with van der Waals surface area (Å²) in [5.41, 5.74) is 3.63. The number of benzene rings is 1. The first-order valence-corrected chi connectivity index (χ1v) is 13.5. The van der Waals surface area contributed by atoms with E-state index in [1.807, 2.05) is 35.4 Å². The number of ether oxygens (including phenoxy) is 1. The van der Waals surface area contributed by atoms with Crippen molar-refractivity contribution >= 4 is 29.2 Å². The van der Waals surface area contributed by atoms with Crippen molar-refractivity contribution in [2.75, 3.05) is 19.0 Å². The summed E-state index contributed by atoms with van der Waals surface area (Å²) in [6.45, 7) is 1.14. The summed E-state index contributed by atoms with van der Waals surface area (Å²) in [5, 5.41) is 11.2. The van der Waals surface area contributed by atoms with Crippen LogP contribution in [0.1, 0.15) is 84.2 Å². The highest BCUT2D eigenvalue weighted by Crippen LogP contribution is 2.37. The van der Waals surface area contributed by atoms with Crippen LogP contribution in [0.15, 0.2) is 42.6 Å². The number of H-pyrrole nitrogens is 2. The SMILES string of the molecule is COCc1c[nH]c(C(=O)N2CCCCC2c2cc(NC(=O)C3CCC(c4ccc(Cl)cc4)CC3)n[nH]2)c1. The van der Waals surface area contributed by atoms with Gasteiger partial charge in [0.15, 0.2) is 5.82 Å². The Kier molecular flexibility index (Phi) is 7.96. The molecular formula is C28H34ClN5O3. The lowest BCUT2D eigenvalue weighted by Gasteiger charge is -2.34. The summed E-state index contributed by atoms with van der Waals surface area (Å²) in [5.74, 6) is 0.940. The van der Waals surface area contributed by atoms with E-state index in [4.69, 9.17) is 16.3 Å². The van der Waals surface area contributed by atoms with Crippen molar-refractivity contribution in [3.05, 3.63) is 70.1 Å². The van der Waals surface area contributed by atoms with E-state index >= 15 is 0 Å². The summed E-state index contributed by atoms with van der Waals surface area (Å²) in [4.78, 5) is 31.2. The normalized spacial score (nSPS) is 22.1. The Balaban J connectivity index is 1.19. The summed E-state index contributed by atoms with van der Waals surface area (Å²) < 4.78 is 5.17. The monoisotopic (exact) mass is 523 g/mol. The smallest absolute Gasteiger partial charge is 0.270 e. The van der Waals surface area contributed by atoms with Gasteiger partial charge in [-0.25, -0.2) is 0 Å². The Morgan fingerprint density at radius 3 is 2.65 bits per heavy atom. The Bertz CT molecular complexity index is 1210. The van der Waals surface area contributed by atoms with Crippen LogP contribution in [0.25, 0.3) is 0 Å². The second-order valence-electron chi connectivity index (χ2n) is 10.2. The first-order valence-electron chi connectivity index (χ1n) is 13.1. The molecule has 8 nitrogen and oxygen atoms in total. The van der Waals surface area contributed by atoms with Gasteiger partial charge in [0.1, 0.15) is 5.69 Å². The van der Waals surface area contributed by atoms with E-state index in [-0.39, 0.29) is 23.8 Å². The third-order valence-corrected chi connectivity index (χ3v) is 7.95. The van der Waals surface area contributed by atoms with Crippen molar-refractivity contribution in [1.82, 2.24) is 20.1 Å². The van der Waals surface area contributed by atoms with Gasteiger partial charge in [-0.2, -0.15) is 5.10 Å². The largest absolute Gasteiger partial charge is 0.380 e. The molecule has 1 saturated carbocycles. The minimum Gasteiger partial charge on any atom is -0.380 e. The maximum absolute atomic E-state index is 13.3. The molecule has 1 saturated heterocycles. The van der Waals surface area contributed by atoms with E-state index in [0.717, 1.165) is 61.2 Å². The van der Waals surface area contributed by atoms with Gasteiger partial charge in [-0.1, -0.05) is 23.7 Å². The molecular weight excluding hydrogens is 490 g/mol. The fourth-order valence-electron chi connectivity index (χ4n) is 5.69. The van der Waals surface area contributed by atoms with E-state index in [1.165, 1.54) is 5.56 Å². The van der Waals surface area contributed by atoms with Gasteiger partial charge in [0.05, 0.1) is 18.3 Å². The van der Waals surface area contributed by atoms with Gasteiger partial charge < -0.3 is 19.9 Å². The summed E-state index contributed by atoms with van der Waals surface area (Å²) in [6.07, 6.45) is 8.32. The number of likely N-dealkylation sites (tertiary alicyclic amines) is 1. The predicted octanol–water partition coefficient (Wildman–Crippen LogP) is 5.82. The van der Waals surface area contributed by atoms with Gasteiger partial charge in [-0.05, 0) is 80.2 Å². The minimum absolute atomic E-state index is 0.0150. The van der Waals surface area contributed by atoms with Crippen molar-refractivity contribution in [3.8, 4) is 0 Å². The van der Waals surface area contributed by atoms with E-state index < -0.39 is 0 Å². The Morgan fingerprint density at radius 2 is 1.89 bits per heavy atom. The maximum atomic E-state index is 13.3. The summed E-state index contributed by atoms with van der Waals surface area (Å²) >= 11 is 6.02. The predicted molar refractivity (Wildman–Crippen MR) is 143 cm³/mol. The second-order valence-corrected chi connectivity index (χ2v) is 10.6. The number of carbonyl (C=O) groups is 2. The molecule has 2 aliphatic rings. The number of halogens is 1. The van der Waals surface area contributed by atoms with Crippen molar-refractivity contribution in [2.45, 2.75) is 63.5 Å². The van der Waals surface area contributed by atoms with Crippen LogP contribution < -0.4 is 5.32 Å². The highest BCUT2D eigenvalue weighted by atomic mass is 35.5. The van der Waals surface area contributed by atoms with Gasteiger partial charge in [0, 0.05) is 36.9 Å². The summed E-state index contributed by atoms with van der Waals surface area (Å²) in [6, 6.07) is 11.7. The van der Waals surface area contributed by atoms with Crippen LogP contribution in [-0.2, 0) is 16.1 Å². The Hall–Kier alpha value is -3.10. The number of aromatic nitrogens is 3. The third-order valence-electron chi connectivity index (χ3n) is 7.70. The number of nitrogens with one attached hydrogen (secondary N) is 3. The van der Waals surface area contributed by atoms with E-state index in [2.05, 4.69) is 32.6 Å². The quantitative estimate of drug-likeness (QED) is 0.363. The molecule has 9 heteroatoms. The standard InChI is InChI=1S/C28H34ClN5O3/c1-37-17-18-14-24(30-16-18)28(36)34-13-3-2-4-25(34)23-15-26(33-32-23)31-27(35)21-7-5-19(6-8-21)20-9-11-22(29)12-10-20/h9-12,14-16,19,21,25,30H,2-8,13,17H2,1H3,(H2,31,32,33,35). The van der Waals surface area contributed by atoms with E-state index in [1.54, 1.807) is 7.11 Å². The van der Waals surface area contributed by atoms with Crippen LogP contribution in [0.5, 0.6) is 0 Å². The van der Waals surface area contributed by atoms with Crippen molar-refractivity contribution in [1.29, 1.82) is 0 Å². The Labute approximate surface area is 222 Å². The highest BCUT2D eigenvalue weighted by molar-refractivity contribution is 6.30. The number of hydrogen-bond donors (Lipinski definition) is 3. The van der Waals surface area contributed by atoms with Crippen LogP contribution in [0.3, 0.4) is 0 Å². The van der Waals surface area contributed by atoms with Crippen LogP contribution in [0.2, 0.25) is 5.02 Å². The van der Waals surface area contributed by atoms with Gasteiger partial charge in [0.25, 0.3) is 5.91 Å². The number of piperidine rings is 1. The molecule has 2 amide bonds. The molecule has 1 unspecified atom stereocenters. The number of rotatable bonds is 7. The fourth-order valence-corrected chi connectivity index (χ4v) is 5.81. The zero-order valence-electron chi connectivity index (χ0n) is 21.1. The number of amides is 2. The van der Waals surface area contributed by atoms with E-state index in [9.17, 15) is 9.59 Å². The average Bonchev–Trinajstić information content (AvgIpc) is 3.59.